The summed E-state index contributed by atoms with van der Waals surface area (Å²) in [5, 5.41) is 10.3. The van der Waals surface area contributed by atoms with Gasteiger partial charge in [-0.15, -0.1) is 0 Å². The number of aliphatic hydroxyl groups is 1. The molecule has 0 aliphatic rings. The molecule has 0 bridgehead atoms. The predicted molar refractivity (Wildman–Crippen MR) is 82.2 cm³/mol. The standard InChI is InChI=1S/C16H18FNO3S/c1-2-15(16(19)13-10-6-7-11-14(13)17)18-22(20,21)12-8-4-3-5-9-12/h3-11,15-16,18-19H,2H2,1H3/t15-,16-/m0/s1. The van der Waals surface area contributed by atoms with Gasteiger partial charge in [-0.3, -0.25) is 0 Å². The Balaban J connectivity index is 2.24. The van der Waals surface area contributed by atoms with Crippen LogP contribution in [0.25, 0.3) is 0 Å². The van der Waals surface area contributed by atoms with Crippen molar-refractivity contribution in [2.75, 3.05) is 0 Å². The fourth-order valence-electron chi connectivity index (χ4n) is 2.17. The molecule has 4 nitrogen and oxygen atoms in total. The summed E-state index contributed by atoms with van der Waals surface area (Å²) in [6.45, 7) is 1.72. The predicted octanol–water partition coefficient (Wildman–Crippen LogP) is 2.62. The quantitative estimate of drug-likeness (QED) is 0.859. The van der Waals surface area contributed by atoms with E-state index in [0.717, 1.165) is 0 Å². The minimum absolute atomic E-state index is 0.0742. The smallest absolute Gasteiger partial charge is 0.240 e. The second-order valence-corrected chi connectivity index (χ2v) is 6.63. The Morgan fingerprint density at radius 2 is 1.68 bits per heavy atom. The van der Waals surface area contributed by atoms with Crippen molar-refractivity contribution < 1.29 is 17.9 Å². The van der Waals surface area contributed by atoms with Crippen LogP contribution >= 0.6 is 0 Å². The fourth-order valence-corrected chi connectivity index (χ4v) is 3.52. The molecule has 6 heteroatoms. The maximum absolute atomic E-state index is 13.8. The lowest BCUT2D eigenvalue weighted by molar-refractivity contribution is 0.133. The van der Waals surface area contributed by atoms with E-state index in [1.54, 1.807) is 31.2 Å². The van der Waals surface area contributed by atoms with E-state index >= 15 is 0 Å². The lowest BCUT2D eigenvalue weighted by Gasteiger charge is -2.23. The number of benzene rings is 2. The molecule has 0 unspecified atom stereocenters. The van der Waals surface area contributed by atoms with Gasteiger partial charge in [0.25, 0.3) is 0 Å². The molecule has 2 atom stereocenters. The molecule has 0 aromatic heterocycles. The number of hydrogen-bond acceptors (Lipinski definition) is 3. The summed E-state index contributed by atoms with van der Waals surface area (Å²) in [4.78, 5) is 0.106. The van der Waals surface area contributed by atoms with Gasteiger partial charge in [0.1, 0.15) is 5.82 Å². The number of rotatable bonds is 6. The van der Waals surface area contributed by atoms with E-state index in [9.17, 15) is 17.9 Å². The molecule has 0 saturated carbocycles. The van der Waals surface area contributed by atoms with Crippen LogP contribution in [0, 0.1) is 5.82 Å². The van der Waals surface area contributed by atoms with Gasteiger partial charge in [-0.1, -0.05) is 43.3 Å². The van der Waals surface area contributed by atoms with Gasteiger partial charge in [0.15, 0.2) is 0 Å². The van der Waals surface area contributed by atoms with Crippen molar-refractivity contribution in [3.63, 3.8) is 0 Å². The van der Waals surface area contributed by atoms with Gasteiger partial charge < -0.3 is 5.11 Å². The highest BCUT2D eigenvalue weighted by molar-refractivity contribution is 7.89. The van der Waals surface area contributed by atoms with E-state index in [2.05, 4.69) is 4.72 Å². The molecule has 118 valence electrons. The highest BCUT2D eigenvalue weighted by atomic mass is 32.2. The van der Waals surface area contributed by atoms with Crippen molar-refractivity contribution in [1.29, 1.82) is 0 Å². The molecule has 0 spiro atoms. The molecule has 0 amide bonds. The van der Waals surface area contributed by atoms with E-state index in [1.807, 2.05) is 0 Å². The molecule has 0 aliphatic heterocycles. The highest BCUT2D eigenvalue weighted by Crippen LogP contribution is 2.23. The van der Waals surface area contributed by atoms with E-state index < -0.39 is 28.0 Å². The fraction of sp³-hybridized carbons (Fsp3) is 0.250. The molecule has 0 aliphatic carbocycles. The Labute approximate surface area is 129 Å². The Morgan fingerprint density at radius 1 is 1.09 bits per heavy atom. The largest absolute Gasteiger partial charge is 0.387 e. The van der Waals surface area contributed by atoms with Crippen molar-refractivity contribution >= 4 is 10.0 Å². The summed E-state index contributed by atoms with van der Waals surface area (Å²) >= 11 is 0. The first kappa shape index (κ1) is 16.6. The van der Waals surface area contributed by atoms with Gasteiger partial charge in [0.2, 0.25) is 10.0 Å². The number of nitrogens with one attached hydrogen (secondary N) is 1. The first-order valence-electron chi connectivity index (χ1n) is 6.95. The molecule has 2 aromatic carbocycles. The summed E-state index contributed by atoms with van der Waals surface area (Å²) < 4.78 is 40.8. The van der Waals surface area contributed by atoms with Gasteiger partial charge in [-0.2, -0.15) is 0 Å². The van der Waals surface area contributed by atoms with Crippen LogP contribution in [-0.2, 0) is 10.0 Å². The van der Waals surface area contributed by atoms with Crippen molar-refractivity contribution in [3.05, 3.63) is 66.0 Å². The molecule has 2 rings (SSSR count). The first-order valence-corrected chi connectivity index (χ1v) is 8.44. The van der Waals surface area contributed by atoms with Gasteiger partial charge in [-0.05, 0) is 24.6 Å². The van der Waals surface area contributed by atoms with Crippen LogP contribution in [0.4, 0.5) is 4.39 Å². The molecule has 22 heavy (non-hydrogen) atoms. The van der Waals surface area contributed by atoms with Crippen LogP contribution < -0.4 is 4.72 Å². The van der Waals surface area contributed by atoms with E-state index in [0.29, 0.717) is 6.42 Å². The van der Waals surface area contributed by atoms with Gasteiger partial charge >= 0.3 is 0 Å². The van der Waals surface area contributed by atoms with Crippen molar-refractivity contribution in [1.82, 2.24) is 4.72 Å². The van der Waals surface area contributed by atoms with Crippen LogP contribution in [0.1, 0.15) is 25.0 Å². The number of hydrogen-bond donors (Lipinski definition) is 2. The zero-order chi connectivity index (χ0) is 16.2. The molecule has 2 aromatic rings. The maximum atomic E-state index is 13.8. The normalized spacial score (nSPS) is 14.5. The number of aliphatic hydroxyl groups excluding tert-OH is 1. The molecule has 0 radical (unpaired) electrons. The van der Waals surface area contributed by atoms with Crippen LogP contribution in [0.2, 0.25) is 0 Å². The Hall–Kier alpha value is -1.76. The van der Waals surface area contributed by atoms with Crippen molar-refractivity contribution in [2.24, 2.45) is 0 Å². The van der Waals surface area contributed by atoms with Gasteiger partial charge in [-0.25, -0.2) is 17.5 Å². The van der Waals surface area contributed by atoms with E-state index in [-0.39, 0.29) is 10.5 Å². The third-order valence-electron chi connectivity index (χ3n) is 3.40. The Morgan fingerprint density at radius 3 is 2.27 bits per heavy atom. The monoisotopic (exact) mass is 323 g/mol. The average molecular weight is 323 g/mol. The average Bonchev–Trinajstić information content (AvgIpc) is 2.53. The van der Waals surface area contributed by atoms with Crippen LogP contribution in [-0.4, -0.2) is 19.6 Å². The topological polar surface area (TPSA) is 66.4 Å². The summed E-state index contributed by atoms with van der Waals surface area (Å²) in [7, 11) is -3.77. The number of halogens is 1. The van der Waals surface area contributed by atoms with Crippen LogP contribution in [0.3, 0.4) is 0 Å². The minimum Gasteiger partial charge on any atom is -0.387 e. The van der Waals surface area contributed by atoms with Crippen LogP contribution in [0.5, 0.6) is 0 Å². The zero-order valence-corrected chi connectivity index (χ0v) is 12.9. The lowest BCUT2D eigenvalue weighted by atomic mass is 10.0. The molecule has 0 saturated heterocycles. The van der Waals surface area contributed by atoms with Crippen molar-refractivity contribution in [2.45, 2.75) is 30.4 Å². The van der Waals surface area contributed by atoms with Gasteiger partial charge in [0, 0.05) is 5.56 Å². The second kappa shape index (κ2) is 7.00. The maximum Gasteiger partial charge on any atom is 0.240 e. The molecular weight excluding hydrogens is 305 g/mol. The van der Waals surface area contributed by atoms with Crippen LogP contribution in [0.15, 0.2) is 59.5 Å². The Kier molecular flexibility index (Phi) is 5.28. The SMILES string of the molecule is CC[C@H](NS(=O)(=O)c1ccccc1)[C@@H](O)c1ccccc1F. The summed E-state index contributed by atoms with van der Waals surface area (Å²) in [5.41, 5.74) is 0.0742. The third kappa shape index (κ3) is 3.71. The minimum atomic E-state index is -3.77. The molecule has 2 N–H and O–H groups in total. The first-order chi connectivity index (χ1) is 10.5. The number of sulfonamides is 1. The van der Waals surface area contributed by atoms with Crippen molar-refractivity contribution in [3.8, 4) is 0 Å². The van der Waals surface area contributed by atoms with E-state index in [1.165, 1.54) is 30.3 Å². The highest BCUT2D eigenvalue weighted by Gasteiger charge is 2.27. The summed E-state index contributed by atoms with van der Waals surface area (Å²) in [6, 6.07) is 12.8. The molecular formula is C16H18FNO3S. The summed E-state index contributed by atoms with van der Waals surface area (Å²) in [6.07, 6.45) is -0.939. The third-order valence-corrected chi connectivity index (χ3v) is 4.91. The zero-order valence-electron chi connectivity index (χ0n) is 12.1. The lowest BCUT2D eigenvalue weighted by Crippen LogP contribution is -2.39. The molecule has 0 fully saturated rings. The summed E-state index contributed by atoms with van der Waals surface area (Å²) in [5.74, 6) is -0.563. The molecule has 0 heterocycles. The second-order valence-electron chi connectivity index (χ2n) is 4.92. The van der Waals surface area contributed by atoms with E-state index in [4.69, 9.17) is 0 Å². The Bertz CT molecular complexity index is 719. The van der Waals surface area contributed by atoms with Gasteiger partial charge in [0.05, 0.1) is 17.0 Å².